The maximum atomic E-state index is 13.2. The van der Waals surface area contributed by atoms with E-state index in [1.807, 2.05) is 0 Å². The minimum atomic E-state index is -1.26. The van der Waals surface area contributed by atoms with E-state index in [-0.39, 0.29) is 0 Å². The lowest BCUT2D eigenvalue weighted by Gasteiger charge is -2.25. The molecule has 1 aliphatic rings. The highest BCUT2D eigenvalue weighted by molar-refractivity contribution is 6.30. The van der Waals surface area contributed by atoms with Crippen molar-refractivity contribution in [1.82, 2.24) is 10.2 Å². The summed E-state index contributed by atoms with van der Waals surface area (Å²) in [4.78, 5) is 39.4. The Morgan fingerprint density at radius 3 is 2.16 bits per heavy atom. The van der Waals surface area contributed by atoms with E-state index in [1.54, 1.807) is 43.3 Å². The number of hydrogen-bond donors (Lipinski definition) is 2. The summed E-state index contributed by atoms with van der Waals surface area (Å²) in [5.74, 6) is 0.00528. The number of methoxy groups -OCH3 is 3. The molecule has 4 amide bonds. The molecule has 2 aromatic rings. The molecular weight excluding hydrogens is 438 g/mol. The van der Waals surface area contributed by atoms with E-state index in [1.165, 1.54) is 21.3 Å². The Morgan fingerprint density at radius 1 is 1.06 bits per heavy atom. The number of carbonyl (C=O) groups is 3. The molecule has 2 N–H and O–H groups in total. The predicted octanol–water partition coefficient (Wildman–Crippen LogP) is 3.16. The molecule has 170 valence electrons. The number of halogens is 1. The first-order valence-electron chi connectivity index (χ1n) is 9.79. The van der Waals surface area contributed by atoms with Crippen LogP contribution in [0, 0.1) is 0 Å². The zero-order chi connectivity index (χ0) is 23.5. The SMILES string of the molecule is CCC1(c2ccc(Cl)cc2)NC(=O)N(CC(=O)Nc2cc(OC)c(OC)c(OC)c2)C1=O. The molecule has 1 atom stereocenters. The summed E-state index contributed by atoms with van der Waals surface area (Å²) in [6, 6.07) is 9.12. The third kappa shape index (κ3) is 4.16. The number of nitrogens with zero attached hydrogens (tertiary/aromatic N) is 1. The van der Waals surface area contributed by atoms with Crippen LogP contribution < -0.4 is 24.8 Å². The Bertz CT molecular complexity index is 1020. The van der Waals surface area contributed by atoms with E-state index < -0.39 is 29.9 Å². The molecule has 0 spiro atoms. The van der Waals surface area contributed by atoms with E-state index in [0.717, 1.165) is 4.90 Å². The molecule has 1 unspecified atom stereocenters. The number of ether oxygens (including phenoxy) is 3. The number of carbonyl (C=O) groups excluding carboxylic acids is 3. The monoisotopic (exact) mass is 461 g/mol. The van der Waals surface area contributed by atoms with Gasteiger partial charge in [-0.25, -0.2) is 4.79 Å². The van der Waals surface area contributed by atoms with Gasteiger partial charge in [0.1, 0.15) is 12.1 Å². The highest BCUT2D eigenvalue weighted by Gasteiger charge is 2.51. The van der Waals surface area contributed by atoms with Crippen molar-refractivity contribution in [3.63, 3.8) is 0 Å². The maximum absolute atomic E-state index is 13.2. The van der Waals surface area contributed by atoms with Gasteiger partial charge in [-0.15, -0.1) is 0 Å². The normalized spacial score (nSPS) is 17.7. The van der Waals surface area contributed by atoms with Gasteiger partial charge < -0.3 is 24.8 Å². The van der Waals surface area contributed by atoms with Crippen molar-refractivity contribution >= 4 is 35.1 Å². The fraction of sp³-hybridized carbons (Fsp3) is 0.318. The molecule has 1 heterocycles. The van der Waals surface area contributed by atoms with Crippen LogP contribution in [0.1, 0.15) is 18.9 Å². The van der Waals surface area contributed by atoms with Gasteiger partial charge in [0, 0.05) is 22.8 Å². The van der Waals surface area contributed by atoms with Crippen molar-refractivity contribution in [2.75, 3.05) is 33.2 Å². The fourth-order valence-corrected chi connectivity index (χ4v) is 3.77. The molecule has 0 saturated carbocycles. The van der Waals surface area contributed by atoms with Gasteiger partial charge >= 0.3 is 6.03 Å². The number of imide groups is 1. The first kappa shape index (κ1) is 23.2. The lowest BCUT2D eigenvalue weighted by molar-refractivity contribution is -0.134. The molecule has 2 aromatic carbocycles. The number of rotatable bonds is 8. The van der Waals surface area contributed by atoms with Crippen LogP contribution in [0.25, 0.3) is 0 Å². The van der Waals surface area contributed by atoms with Crippen molar-refractivity contribution in [3.05, 3.63) is 47.0 Å². The molecule has 0 bridgehead atoms. The minimum Gasteiger partial charge on any atom is -0.493 e. The number of hydrogen-bond acceptors (Lipinski definition) is 6. The Labute approximate surface area is 190 Å². The summed E-state index contributed by atoms with van der Waals surface area (Å²) in [6.07, 6.45) is 0.310. The van der Waals surface area contributed by atoms with Crippen LogP contribution in [0.3, 0.4) is 0 Å². The Balaban J connectivity index is 1.80. The van der Waals surface area contributed by atoms with Gasteiger partial charge in [0.05, 0.1) is 21.3 Å². The molecule has 1 aliphatic heterocycles. The summed E-state index contributed by atoms with van der Waals surface area (Å²) >= 11 is 5.95. The molecule has 0 aromatic heterocycles. The average Bonchev–Trinajstić information content (AvgIpc) is 3.03. The second-order valence-corrected chi connectivity index (χ2v) is 7.49. The van der Waals surface area contributed by atoms with Crippen LogP contribution in [-0.2, 0) is 15.1 Å². The minimum absolute atomic E-state index is 0.310. The van der Waals surface area contributed by atoms with E-state index in [4.69, 9.17) is 25.8 Å². The van der Waals surface area contributed by atoms with Gasteiger partial charge in [-0.3, -0.25) is 14.5 Å². The largest absolute Gasteiger partial charge is 0.493 e. The van der Waals surface area contributed by atoms with Gasteiger partial charge in [-0.2, -0.15) is 0 Å². The molecule has 32 heavy (non-hydrogen) atoms. The Hall–Kier alpha value is -3.46. The van der Waals surface area contributed by atoms with Crippen LogP contribution in [0.4, 0.5) is 10.5 Å². The summed E-state index contributed by atoms with van der Waals surface area (Å²) in [5.41, 5.74) is -0.305. The third-order valence-corrected chi connectivity index (χ3v) is 5.55. The highest BCUT2D eigenvalue weighted by Crippen LogP contribution is 2.40. The molecule has 0 aliphatic carbocycles. The Kier molecular flexibility index (Phi) is 6.78. The fourth-order valence-electron chi connectivity index (χ4n) is 3.64. The molecule has 10 heteroatoms. The number of urea groups is 1. The first-order chi connectivity index (χ1) is 15.3. The van der Waals surface area contributed by atoms with Crippen LogP contribution in [0.15, 0.2) is 36.4 Å². The molecule has 3 rings (SSSR count). The first-order valence-corrected chi connectivity index (χ1v) is 10.2. The van der Waals surface area contributed by atoms with Gasteiger partial charge in [-0.1, -0.05) is 30.7 Å². The Morgan fingerprint density at radius 2 is 1.66 bits per heavy atom. The maximum Gasteiger partial charge on any atom is 0.325 e. The lowest BCUT2D eigenvalue weighted by Crippen LogP contribution is -2.44. The molecule has 1 saturated heterocycles. The van der Waals surface area contributed by atoms with E-state index in [0.29, 0.717) is 39.9 Å². The van der Waals surface area contributed by atoms with Crippen molar-refractivity contribution in [1.29, 1.82) is 0 Å². The van der Waals surface area contributed by atoms with E-state index >= 15 is 0 Å². The number of benzene rings is 2. The standard InChI is InChI=1S/C22H24ClN3O6/c1-5-22(13-6-8-14(23)9-7-13)20(28)26(21(29)25-22)12-18(27)24-15-10-16(30-2)19(32-4)17(11-15)31-3/h6-11H,5,12H2,1-4H3,(H,24,27)(H,25,29). The van der Waals surface area contributed by atoms with Crippen LogP contribution >= 0.6 is 11.6 Å². The summed E-state index contributed by atoms with van der Waals surface area (Å²) < 4.78 is 15.8. The van der Waals surface area contributed by atoms with Crippen molar-refractivity contribution in [2.24, 2.45) is 0 Å². The zero-order valence-corrected chi connectivity index (χ0v) is 18.9. The van der Waals surface area contributed by atoms with Gasteiger partial charge in [0.25, 0.3) is 5.91 Å². The van der Waals surface area contributed by atoms with E-state index in [9.17, 15) is 14.4 Å². The zero-order valence-electron chi connectivity index (χ0n) is 18.2. The van der Waals surface area contributed by atoms with Crippen LogP contribution in [0.2, 0.25) is 5.02 Å². The second kappa shape index (κ2) is 9.35. The molecule has 1 fully saturated rings. The number of anilines is 1. The summed E-state index contributed by atoms with van der Waals surface area (Å²) in [7, 11) is 4.38. The molecule has 0 radical (unpaired) electrons. The number of amides is 4. The highest BCUT2D eigenvalue weighted by atomic mass is 35.5. The van der Waals surface area contributed by atoms with Crippen molar-refractivity contribution in [3.8, 4) is 17.2 Å². The topological polar surface area (TPSA) is 106 Å². The van der Waals surface area contributed by atoms with Gasteiger partial charge in [0.15, 0.2) is 11.5 Å². The molecular formula is C22H24ClN3O6. The van der Waals surface area contributed by atoms with Gasteiger partial charge in [-0.05, 0) is 24.1 Å². The van der Waals surface area contributed by atoms with Crippen molar-refractivity contribution in [2.45, 2.75) is 18.9 Å². The van der Waals surface area contributed by atoms with Crippen LogP contribution in [-0.4, -0.2) is 50.6 Å². The van der Waals surface area contributed by atoms with Gasteiger partial charge in [0.2, 0.25) is 11.7 Å². The lowest BCUT2D eigenvalue weighted by atomic mass is 9.87. The summed E-state index contributed by atoms with van der Waals surface area (Å²) in [5, 5.41) is 5.90. The molecule has 9 nitrogen and oxygen atoms in total. The van der Waals surface area contributed by atoms with Crippen LogP contribution in [0.5, 0.6) is 17.2 Å². The third-order valence-electron chi connectivity index (χ3n) is 5.29. The second-order valence-electron chi connectivity index (χ2n) is 7.05. The quantitative estimate of drug-likeness (QED) is 0.585. The average molecular weight is 462 g/mol. The predicted molar refractivity (Wildman–Crippen MR) is 118 cm³/mol. The van der Waals surface area contributed by atoms with E-state index in [2.05, 4.69) is 10.6 Å². The smallest absolute Gasteiger partial charge is 0.325 e. The summed E-state index contributed by atoms with van der Waals surface area (Å²) in [6.45, 7) is 1.32. The van der Waals surface area contributed by atoms with Crippen molar-refractivity contribution < 1.29 is 28.6 Å². The number of nitrogens with one attached hydrogen (secondary N) is 2.